The summed E-state index contributed by atoms with van der Waals surface area (Å²) in [5, 5.41) is 0. The van der Waals surface area contributed by atoms with E-state index >= 15 is 0 Å². The summed E-state index contributed by atoms with van der Waals surface area (Å²) in [4.78, 5) is 12.0. The number of benzene rings is 3. The van der Waals surface area contributed by atoms with Crippen LogP contribution in [0.4, 0.5) is 0 Å². The Morgan fingerprint density at radius 3 is 2.08 bits per heavy atom. The van der Waals surface area contributed by atoms with E-state index in [1.807, 2.05) is 55.5 Å². The van der Waals surface area contributed by atoms with Crippen molar-refractivity contribution in [1.82, 2.24) is 0 Å². The highest BCUT2D eigenvalue weighted by atomic mass is 127. The molecule has 3 nitrogen and oxygen atoms in total. The summed E-state index contributed by atoms with van der Waals surface area (Å²) in [7, 11) is 0. The molecular formula is C22H20IO3+. The molecule has 0 N–H and O–H groups in total. The number of rotatable bonds is 7. The molecule has 3 rings (SSSR count). The lowest BCUT2D eigenvalue weighted by Crippen LogP contribution is -3.61. The molecule has 3 aromatic carbocycles. The van der Waals surface area contributed by atoms with Gasteiger partial charge < -0.3 is 9.47 Å². The van der Waals surface area contributed by atoms with Crippen LogP contribution < -0.4 is 25.9 Å². The van der Waals surface area contributed by atoms with E-state index in [9.17, 15) is 4.79 Å². The van der Waals surface area contributed by atoms with Crippen LogP contribution in [0.5, 0.6) is 5.75 Å². The van der Waals surface area contributed by atoms with Gasteiger partial charge in [0.15, 0.2) is 13.7 Å². The van der Waals surface area contributed by atoms with Gasteiger partial charge in [-0.15, -0.1) is 0 Å². The van der Waals surface area contributed by atoms with E-state index in [0.29, 0.717) is 5.75 Å². The van der Waals surface area contributed by atoms with Crippen molar-refractivity contribution < 1.29 is 35.5 Å². The van der Waals surface area contributed by atoms with Gasteiger partial charge >= 0.3 is 27.2 Å². The second-order valence-electron chi connectivity index (χ2n) is 5.68. The average Bonchev–Trinajstić information content (AvgIpc) is 2.69. The van der Waals surface area contributed by atoms with E-state index in [1.165, 1.54) is 7.14 Å². The van der Waals surface area contributed by atoms with Gasteiger partial charge in [0.05, 0.1) is 0 Å². The van der Waals surface area contributed by atoms with Crippen molar-refractivity contribution in [1.29, 1.82) is 0 Å². The largest absolute Gasteiger partial charge is 0.482 e. The molecule has 3 aromatic rings. The third-order valence-corrected chi connectivity index (χ3v) is 6.38. The SMILES string of the molecule is CC(OC(=O)COc1ccc([I+]c2ccccc2)cc1)c1ccccc1. The van der Waals surface area contributed by atoms with Crippen LogP contribution in [-0.2, 0) is 9.53 Å². The van der Waals surface area contributed by atoms with Gasteiger partial charge in [0.25, 0.3) is 0 Å². The third-order valence-electron chi connectivity index (χ3n) is 3.70. The first-order valence-corrected chi connectivity index (χ1v) is 10.5. The minimum Gasteiger partial charge on any atom is -0.482 e. The highest BCUT2D eigenvalue weighted by Gasteiger charge is 2.15. The van der Waals surface area contributed by atoms with Crippen LogP contribution in [0.2, 0.25) is 0 Å². The van der Waals surface area contributed by atoms with Crippen molar-refractivity contribution in [2.24, 2.45) is 0 Å². The van der Waals surface area contributed by atoms with Gasteiger partial charge in [-0.05, 0) is 48.9 Å². The zero-order valence-corrected chi connectivity index (χ0v) is 16.6. The normalized spacial score (nSPS) is 11.6. The van der Waals surface area contributed by atoms with Crippen molar-refractivity contribution in [3.8, 4) is 5.75 Å². The van der Waals surface area contributed by atoms with Crippen LogP contribution in [0.1, 0.15) is 18.6 Å². The molecule has 26 heavy (non-hydrogen) atoms. The van der Waals surface area contributed by atoms with Gasteiger partial charge in [0.1, 0.15) is 11.9 Å². The molecule has 1 unspecified atom stereocenters. The van der Waals surface area contributed by atoms with Gasteiger partial charge in [-0.25, -0.2) is 4.79 Å². The van der Waals surface area contributed by atoms with Crippen LogP contribution in [0.3, 0.4) is 0 Å². The van der Waals surface area contributed by atoms with Crippen molar-refractivity contribution in [3.05, 3.63) is 97.6 Å². The molecule has 0 heterocycles. The molecular weight excluding hydrogens is 439 g/mol. The number of carbonyl (C=O) groups is 1. The van der Waals surface area contributed by atoms with E-state index in [0.717, 1.165) is 5.56 Å². The summed E-state index contributed by atoms with van der Waals surface area (Å²) < 4.78 is 13.6. The highest BCUT2D eigenvalue weighted by molar-refractivity contribution is 5.71. The fourth-order valence-corrected chi connectivity index (χ4v) is 4.58. The summed E-state index contributed by atoms with van der Waals surface area (Å²) in [6.07, 6.45) is -0.287. The molecule has 0 aliphatic rings. The second kappa shape index (κ2) is 9.38. The number of ether oxygens (including phenoxy) is 2. The second-order valence-corrected chi connectivity index (χ2v) is 8.71. The quantitative estimate of drug-likeness (QED) is 0.397. The molecule has 0 radical (unpaired) electrons. The van der Waals surface area contributed by atoms with Gasteiger partial charge in [0.2, 0.25) is 0 Å². The number of halogens is 1. The summed E-state index contributed by atoms with van der Waals surface area (Å²) >= 11 is -0.192. The number of hydrogen-bond donors (Lipinski definition) is 0. The van der Waals surface area contributed by atoms with Gasteiger partial charge in [0, 0.05) is 0 Å². The highest BCUT2D eigenvalue weighted by Crippen LogP contribution is 2.16. The molecule has 4 heteroatoms. The minimum absolute atomic E-state index is 0.0930. The fraction of sp³-hybridized carbons (Fsp3) is 0.136. The first-order chi connectivity index (χ1) is 12.7. The molecule has 0 aliphatic heterocycles. The molecule has 1 atom stereocenters. The maximum absolute atomic E-state index is 12.0. The Balaban J connectivity index is 1.48. The monoisotopic (exact) mass is 459 g/mol. The maximum Gasteiger partial charge on any atom is 0.357 e. The molecule has 0 saturated carbocycles. The molecule has 0 bridgehead atoms. The van der Waals surface area contributed by atoms with Crippen molar-refractivity contribution >= 4 is 5.97 Å². The molecule has 0 fully saturated rings. The predicted octanol–water partition coefficient (Wildman–Crippen LogP) is 1.50. The van der Waals surface area contributed by atoms with E-state index < -0.39 is 0 Å². The standard InChI is InChI=1S/C22H20IO3/c1-17(18-8-4-2-5-9-18)26-22(24)16-25-21-14-12-20(13-15-21)23-19-10-6-3-7-11-19/h2-15,17H,16H2,1H3/q+1. The average molecular weight is 459 g/mol. The number of carbonyl (C=O) groups excluding carboxylic acids is 1. The van der Waals surface area contributed by atoms with Crippen LogP contribution in [0, 0.1) is 7.14 Å². The smallest absolute Gasteiger partial charge is 0.357 e. The summed E-state index contributed by atoms with van der Waals surface area (Å²) in [6.45, 7) is 1.76. The zero-order valence-electron chi connectivity index (χ0n) is 14.5. The van der Waals surface area contributed by atoms with E-state index in [1.54, 1.807) is 0 Å². The van der Waals surface area contributed by atoms with Crippen molar-refractivity contribution in [3.63, 3.8) is 0 Å². The summed E-state index contributed by atoms with van der Waals surface area (Å²) in [5.74, 6) is 0.303. The first-order valence-electron chi connectivity index (χ1n) is 8.38. The van der Waals surface area contributed by atoms with Crippen LogP contribution in [0.25, 0.3) is 0 Å². The van der Waals surface area contributed by atoms with Gasteiger partial charge in [-0.2, -0.15) is 0 Å². The Morgan fingerprint density at radius 2 is 1.42 bits per heavy atom. The minimum atomic E-state index is -0.373. The zero-order chi connectivity index (χ0) is 18.2. The Hall–Kier alpha value is -2.34. The lowest BCUT2D eigenvalue weighted by Gasteiger charge is -2.13. The molecule has 132 valence electrons. The lowest BCUT2D eigenvalue weighted by atomic mass is 10.1. The summed E-state index contributed by atoms with van der Waals surface area (Å²) in [6, 6.07) is 28.1. The molecule has 0 spiro atoms. The number of hydrogen-bond acceptors (Lipinski definition) is 3. The topological polar surface area (TPSA) is 35.5 Å². The molecule has 0 aromatic heterocycles. The maximum atomic E-state index is 12.0. The van der Waals surface area contributed by atoms with Crippen LogP contribution in [0.15, 0.2) is 84.9 Å². The van der Waals surface area contributed by atoms with Crippen LogP contribution >= 0.6 is 0 Å². The van der Waals surface area contributed by atoms with Crippen molar-refractivity contribution in [2.45, 2.75) is 13.0 Å². The number of esters is 1. The molecule has 0 saturated heterocycles. The molecule has 0 amide bonds. The van der Waals surface area contributed by atoms with E-state index in [2.05, 4.69) is 36.4 Å². The Kier molecular flexibility index (Phi) is 6.66. The van der Waals surface area contributed by atoms with Crippen molar-refractivity contribution in [2.75, 3.05) is 6.61 Å². The van der Waals surface area contributed by atoms with Crippen LogP contribution in [-0.4, -0.2) is 12.6 Å². The lowest BCUT2D eigenvalue weighted by molar-refractivity contribution is -0.597. The third kappa shape index (κ3) is 5.59. The van der Waals surface area contributed by atoms with Gasteiger partial charge in [-0.1, -0.05) is 48.5 Å². The Labute approximate surface area is 164 Å². The Morgan fingerprint density at radius 1 is 0.846 bits per heavy atom. The summed E-state index contributed by atoms with van der Waals surface area (Å²) in [5.41, 5.74) is 0.968. The molecule has 0 aliphatic carbocycles. The predicted molar refractivity (Wildman–Crippen MR) is 96.7 cm³/mol. The van der Waals surface area contributed by atoms with Gasteiger partial charge in [-0.3, -0.25) is 0 Å². The fourth-order valence-electron chi connectivity index (χ4n) is 2.36. The first kappa shape index (κ1) is 18.5. The Bertz CT molecular complexity index is 817. The van der Waals surface area contributed by atoms with E-state index in [-0.39, 0.29) is 39.9 Å². The van der Waals surface area contributed by atoms with E-state index in [4.69, 9.17) is 9.47 Å².